The summed E-state index contributed by atoms with van der Waals surface area (Å²) in [6.45, 7) is 0.215. The molecule has 1 aromatic carbocycles. The Hall–Kier alpha value is -1.90. The van der Waals surface area contributed by atoms with Gasteiger partial charge in [-0.15, -0.1) is 0 Å². The number of furan rings is 1. The Balaban J connectivity index is 1.71. The summed E-state index contributed by atoms with van der Waals surface area (Å²) >= 11 is 5.70. The quantitative estimate of drug-likeness (QED) is 0.806. The zero-order valence-corrected chi connectivity index (χ0v) is 15.4. The number of hydrogen-bond acceptors (Lipinski definition) is 5. The minimum absolute atomic E-state index is 0.00368. The Morgan fingerprint density at radius 1 is 1.38 bits per heavy atom. The molecule has 0 bridgehead atoms. The number of carbonyl (C=O) groups excluding carboxylic acids is 1. The highest BCUT2D eigenvalue weighted by Gasteiger charge is 2.33. The third-order valence-corrected chi connectivity index (χ3v) is 6.20. The maximum Gasteiger partial charge on any atom is 0.238 e. The topological polar surface area (TPSA) is 79.6 Å². The first kappa shape index (κ1) is 18.9. The summed E-state index contributed by atoms with van der Waals surface area (Å²) in [6, 6.07) is 7.17. The predicted octanol–water partition coefficient (Wildman–Crippen LogP) is 2.70. The number of sulfone groups is 1. The number of nitrogens with zero attached hydrogens (tertiary/aromatic N) is 1. The molecule has 1 saturated heterocycles. The molecule has 3 rings (SSSR count). The lowest BCUT2D eigenvalue weighted by atomic mass is 10.2. The van der Waals surface area contributed by atoms with Crippen molar-refractivity contribution >= 4 is 33.0 Å². The van der Waals surface area contributed by atoms with Crippen LogP contribution in [0.4, 0.5) is 10.1 Å². The third kappa shape index (κ3) is 4.84. The largest absolute Gasteiger partial charge is 0.468 e. The monoisotopic (exact) mass is 400 g/mol. The number of halogens is 2. The second kappa shape index (κ2) is 7.77. The molecule has 2 aromatic rings. The summed E-state index contributed by atoms with van der Waals surface area (Å²) in [6.07, 6.45) is 1.97. The van der Waals surface area contributed by atoms with E-state index in [0.29, 0.717) is 18.7 Å². The van der Waals surface area contributed by atoms with E-state index < -0.39 is 21.6 Å². The number of benzene rings is 1. The minimum atomic E-state index is -3.10. The third-order valence-electron chi connectivity index (χ3n) is 4.22. The number of amides is 1. The molecule has 1 aromatic heterocycles. The molecule has 2 heterocycles. The summed E-state index contributed by atoms with van der Waals surface area (Å²) in [5.41, 5.74) is 0.0244. The zero-order chi connectivity index (χ0) is 18.7. The van der Waals surface area contributed by atoms with Crippen molar-refractivity contribution in [3.05, 3.63) is 53.2 Å². The summed E-state index contributed by atoms with van der Waals surface area (Å²) in [5, 5.41) is 2.73. The van der Waals surface area contributed by atoms with Crippen LogP contribution in [0.3, 0.4) is 0 Å². The van der Waals surface area contributed by atoms with E-state index in [2.05, 4.69) is 5.32 Å². The van der Waals surface area contributed by atoms with Gasteiger partial charge in [0.25, 0.3) is 0 Å². The number of nitrogens with one attached hydrogen (secondary N) is 1. The molecule has 140 valence electrons. The normalized spacial score (nSPS) is 19.0. The van der Waals surface area contributed by atoms with Gasteiger partial charge < -0.3 is 9.73 Å². The fourth-order valence-electron chi connectivity index (χ4n) is 2.95. The molecule has 1 N–H and O–H groups in total. The number of anilines is 1. The average molecular weight is 401 g/mol. The SMILES string of the molecule is O=C(CN(Cc1ccco1)[C@H]1CCS(=O)(=O)C1)Nc1ccc(Cl)cc1F. The molecule has 1 atom stereocenters. The molecule has 1 amide bonds. The van der Waals surface area contributed by atoms with Crippen molar-refractivity contribution in [1.29, 1.82) is 0 Å². The van der Waals surface area contributed by atoms with Gasteiger partial charge in [-0.2, -0.15) is 0 Å². The molecule has 0 saturated carbocycles. The van der Waals surface area contributed by atoms with E-state index in [0.717, 1.165) is 6.07 Å². The molecule has 1 aliphatic heterocycles. The molecule has 6 nitrogen and oxygen atoms in total. The molecule has 0 unspecified atom stereocenters. The van der Waals surface area contributed by atoms with Crippen LogP contribution >= 0.6 is 11.6 Å². The van der Waals surface area contributed by atoms with Crippen LogP contribution < -0.4 is 5.32 Å². The van der Waals surface area contributed by atoms with E-state index in [1.807, 2.05) is 0 Å². The van der Waals surface area contributed by atoms with E-state index >= 15 is 0 Å². The lowest BCUT2D eigenvalue weighted by molar-refractivity contribution is -0.118. The van der Waals surface area contributed by atoms with E-state index in [4.69, 9.17) is 16.0 Å². The first-order valence-corrected chi connectivity index (χ1v) is 10.2. The van der Waals surface area contributed by atoms with Crippen LogP contribution in [0.15, 0.2) is 41.0 Å². The van der Waals surface area contributed by atoms with E-state index in [9.17, 15) is 17.6 Å². The second-order valence-electron chi connectivity index (χ2n) is 6.21. The molecule has 0 aliphatic carbocycles. The van der Waals surface area contributed by atoms with Gasteiger partial charge in [-0.25, -0.2) is 12.8 Å². The fourth-order valence-corrected chi connectivity index (χ4v) is 4.87. The Kier molecular flexibility index (Phi) is 5.64. The second-order valence-corrected chi connectivity index (χ2v) is 8.88. The standard InChI is InChI=1S/C17H18ClFN2O4S/c18-12-3-4-16(15(19)8-12)20-17(22)10-21(9-14-2-1-6-25-14)13-5-7-26(23,24)11-13/h1-4,6,8,13H,5,7,9-11H2,(H,20,22)/t13-/m0/s1. The molecule has 9 heteroatoms. The van der Waals surface area contributed by atoms with Gasteiger partial charge >= 0.3 is 0 Å². The van der Waals surface area contributed by atoms with Gasteiger partial charge in [0.05, 0.1) is 36.5 Å². The van der Waals surface area contributed by atoms with Gasteiger partial charge in [0.1, 0.15) is 11.6 Å². The zero-order valence-electron chi connectivity index (χ0n) is 13.8. The molecule has 0 spiro atoms. The van der Waals surface area contributed by atoms with Crippen LogP contribution in [0.5, 0.6) is 0 Å². The molecular formula is C17H18ClFN2O4S. The summed E-state index contributed by atoms with van der Waals surface area (Å²) in [4.78, 5) is 14.1. The van der Waals surface area contributed by atoms with Gasteiger partial charge in [0, 0.05) is 11.1 Å². The molecule has 1 fully saturated rings. The lowest BCUT2D eigenvalue weighted by Crippen LogP contribution is -2.41. The van der Waals surface area contributed by atoms with Crippen LogP contribution in [0.1, 0.15) is 12.2 Å². The Morgan fingerprint density at radius 3 is 2.81 bits per heavy atom. The molecular weight excluding hydrogens is 383 g/mol. The van der Waals surface area contributed by atoms with Crippen molar-refractivity contribution in [2.45, 2.75) is 19.0 Å². The maximum absolute atomic E-state index is 13.8. The summed E-state index contributed by atoms with van der Waals surface area (Å²) < 4.78 is 42.7. The van der Waals surface area contributed by atoms with Crippen LogP contribution in [0.25, 0.3) is 0 Å². The summed E-state index contributed by atoms with van der Waals surface area (Å²) in [7, 11) is -3.10. The van der Waals surface area contributed by atoms with Crippen molar-refractivity contribution in [2.24, 2.45) is 0 Å². The predicted molar refractivity (Wildman–Crippen MR) is 96.2 cm³/mol. The molecule has 1 aliphatic rings. The smallest absolute Gasteiger partial charge is 0.238 e. The average Bonchev–Trinajstić information content (AvgIpc) is 3.19. The van der Waals surface area contributed by atoms with Gasteiger partial charge in [-0.1, -0.05) is 11.6 Å². The van der Waals surface area contributed by atoms with Gasteiger partial charge in [0.15, 0.2) is 9.84 Å². The number of carbonyl (C=O) groups is 1. The van der Waals surface area contributed by atoms with E-state index in [-0.39, 0.29) is 34.8 Å². The Labute approximate surface area is 155 Å². The lowest BCUT2D eigenvalue weighted by Gasteiger charge is -2.26. The maximum atomic E-state index is 13.8. The number of rotatable bonds is 6. The highest BCUT2D eigenvalue weighted by molar-refractivity contribution is 7.91. The van der Waals surface area contributed by atoms with Gasteiger partial charge in [-0.05, 0) is 36.8 Å². The van der Waals surface area contributed by atoms with Gasteiger partial charge in [0.2, 0.25) is 5.91 Å². The highest BCUT2D eigenvalue weighted by atomic mass is 35.5. The van der Waals surface area contributed by atoms with Crippen molar-refractivity contribution in [1.82, 2.24) is 4.90 Å². The Morgan fingerprint density at radius 2 is 2.19 bits per heavy atom. The fraction of sp³-hybridized carbons (Fsp3) is 0.353. The van der Waals surface area contributed by atoms with E-state index in [1.165, 1.54) is 18.4 Å². The van der Waals surface area contributed by atoms with E-state index in [1.54, 1.807) is 17.0 Å². The van der Waals surface area contributed by atoms with Gasteiger partial charge in [-0.3, -0.25) is 9.69 Å². The number of hydrogen-bond donors (Lipinski definition) is 1. The van der Waals surface area contributed by atoms with Crippen molar-refractivity contribution < 1.29 is 22.0 Å². The van der Waals surface area contributed by atoms with Crippen LogP contribution in [-0.2, 0) is 21.2 Å². The van der Waals surface area contributed by atoms with Crippen molar-refractivity contribution in [3.63, 3.8) is 0 Å². The first-order chi connectivity index (χ1) is 12.3. The highest BCUT2D eigenvalue weighted by Crippen LogP contribution is 2.22. The van der Waals surface area contributed by atoms with Crippen molar-refractivity contribution in [2.75, 3.05) is 23.4 Å². The molecule has 26 heavy (non-hydrogen) atoms. The Bertz CT molecular complexity index is 886. The van der Waals surface area contributed by atoms with Crippen LogP contribution in [-0.4, -0.2) is 43.3 Å². The molecule has 0 radical (unpaired) electrons. The first-order valence-electron chi connectivity index (χ1n) is 8.04. The minimum Gasteiger partial charge on any atom is -0.468 e. The summed E-state index contributed by atoms with van der Waals surface area (Å²) in [5.74, 6) is -0.357. The van der Waals surface area contributed by atoms with Crippen LogP contribution in [0, 0.1) is 5.82 Å². The van der Waals surface area contributed by atoms with Crippen molar-refractivity contribution in [3.8, 4) is 0 Å². The van der Waals surface area contributed by atoms with Crippen LogP contribution in [0.2, 0.25) is 5.02 Å².